The molecule has 0 aromatic carbocycles. The molecule has 1 rings (SSSR count). The summed E-state index contributed by atoms with van der Waals surface area (Å²) in [7, 11) is 0. The van der Waals surface area contributed by atoms with Gasteiger partial charge in [0.2, 0.25) is 0 Å². The van der Waals surface area contributed by atoms with Crippen LogP contribution in [0.1, 0.15) is 26.2 Å². The predicted molar refractivity (Wildman–Crippen MR) is 35.4 cm³/mol. The van der Waals surface area contributed by atoms with Crippen LogP contribution in [-0.4, -0.2) is 18.5 Å². The van der Waals surface area contributed by atoms with E-state index in [1.807, 2.05) is 0 Å². The number of Topliss-reactive ketones (excluding diaryl/α,β-unsaturated/α-hetero) is 1. The third kappa shape index (κ3) is 1.78. The molecule has 1 unspecified atom stereocenters. The number of hydrogen-bond donors (Lipinski definition) is 0. The Hall–Kier alpha value is -0.410. The average Bonchev–Trinajstić information content (AvgIpc) is 1.79. The molecule has 10 heavy (non-hydrogen) atoms. The highest BCUT2D eigenvalue weighted by Crippen LogP contribution is 2.10. The smallest absolute Gasteiger partial charge is 0.177 e. The van der Waals surface area contributed by atoms with Crippen molar-refractivity contribution in [2.45, 2.75) is 32.3 Å². The molecule has 0 amide bonds. The Morgan fingerprint density at radius 2 is 2.40 bits per heavy atom. The van der Waals surface area contributed by atoms with E-state index in [1.54, 1.807) is 0 Å². The minimum absolute atomic E-state index is 0.174. The molecule has 0 N–H and O–H groups in total. The molecule has 0 saturated carbocycles. The largest absolute Gasteiger partial charge is 0.297 e. The van der Waals surface area contributed by atoms with Crippen molar-refractivity contribution in [1.29, 1.82) is 0 Å². The maximum absolute atomic E-state index is 11.0. The topological polar surface area (TPSA) is 35.5 Å². The third-order valence-electron chi connectivity index (χ3n) is 1.54. The van der Waals surface area contributed by atoms with Crippen LogP contribution in [0.5, 0.6) is 0 Å². The van der Waals surface area contributed by atoms with E-state index in [4.69, 9.17) is 0 Å². The maximum Gasteiger partial charge on any atom is 0.177 e. The Bertz CT molecular complexity index is 118. The van der Waals surface area contributed by atoms with Gasteiger partial charge in [0.1, 0.15) is 6.61 Å². The van der Waals surface area contributed by atoms with Gasteiger partial charge in [-0.2, -0.15) is 0 Å². The summed E-state index contributed by atoms with van der Waals surface area (Å²) in [4.78, 5) is 19.9. The molecule has 1 aliphatic heterocycles. The van der Waals surface area contributed by atoms with Crippen LogP contribution in [0, 0.1) is 0 Å². The molecule has 1 atom stereocenters. The molecule has 58 valence electrons. The Morgan fingerprint density at radius 3 is 2.80 bits per heavy atom. The highest BCUT2D eigenvalue weighted by atomic mass is 17.2. The van der Waals surface area contributed by atoms with Gasteiger partial charge in [0.15, 0.2) is 11.9 Å². The number of ketones is 1. The van der Waals surface area contributed by atoms with E-state index in [2.05, 4.69) is 16.7 Å². The molecule has 1 aliphatic rings. The van der Waals surface area contributed by atoms with Crippen LogP contribution in [0.25, 0.3) is 0 Å². The van der Waals surface area contributed by atoms with E-state index < -0.39 is 0 Å². The van der Waals surface area contributed by atoms with E-state index in [-0.39, 0.29) is 11.9 Å². The zero-order valence-electron chi connectivity index (χ0n) is 6.13. The quantitative estimate of drug-likeness (QED) is 0.554. The van der Waals surface area contributed by atoms with Gasteiger partial charge in [-0.1, -0.05) is 13.3 Å². The molecule has 0 spiro atoms. The van der Waals surface area contributed by atoms with Gasteiger partial charge in [0, 0.05) is 6.42 Å². The first kappa shape index (κ1) is 7.69. The summed E-state index contributed by atoms with van der Waals surface area (Å²) in [5.41, 5.74) is 0. The van der Waals surface area contributed by atoms with Gasteiger partial charge < -0.3 is 0 Å². The fourth-order valence-electron chi connectivity index (χ4n) is 0.795. The third-order valence-corrected chi connectivity index (χ3v) is 1.54. The minimum Gasteiger partial charge on any atom is -0.297 e. The van der Waals surface area contributed by atoms with Gasteiger partial charge in [0.05, 0.1) is 0 Å². The second-order valence-corrected chi connectivity index (χ2v) is 2.44. The fraction of sp³-hybridized carbons (Fsp3) is 0.857. The lowest BCUT2D eigenvalue weighted by molar-refractivity contribution is -0.410. The minimum atomic E-state index is -0.258. The Balaban J connectivity index is 2.08. The number of rotatable bonds is 4. The first-order valence-corrected chi connectivity index (χ1v) is 3.65. The SMILES string of the molecule is CCCCC(=O)C1COO1. The van der Waals surface area contributed by atoms with Crippen LogP contribution in [-0.2, 0) is 14.6 Å². The number of carbonyl (C=O) groups is 1. The lowest BCUT2D eigenvalue weighted by Gasteiger charge is -2.22. The monoisotopic (exact) mass is 144 g/mol. The van der Waals surface area contributed by atoms with Crippen LogP contribution >= 0.6 is 0 Å². The summed E-state index contributed by atoms with van der Waals surface area (Å²) in [5.74, 6) is 0.174. The predicted octanol–water partition coefficient (Wildman–Crippen LogP) is 1.08. The lowest BCUT2D eigenvalue weighted by atomic mass is 10.1. The van der Waals surface area contributed by atoms with E-state index in [0.29, 0.717) is 13.0 Å². The van der Waals surface area contributed by atoms with Crippen LogP contribution in [0.2, 0.25) is 0 Å². The standard InChI is InChI=1S/C7H12O3/c1-2-3-4-6(8)7-5-9-10-7/h7H,2-5H2,1H3. The molecule has 0 bridgehead atoms. The summed E-state index contributed by atoms with van der Waals surface area (Å²) in [6, 6.07) is 0. The highest BCUT2D eigenvalue weighted by molar-refractivity contribution is 5.83. The molecule has 1 heterocycles. The van der Waals surface area contributed by atoms with Gasteiger partial charge in [-0.3, -0.25) is 4.79 Å². The first-order chi connectivity index (χ1) is 4.84. The molecule has 0 radical (unpaired) electrons. The Labute approximate surface area is 60.2 Å². The second kappa shape index (κ2) is 3.68. The highest BCUT2D eigenvalue weighted by Gasteiger charge is 2.27. The number of carbonyl (C=O) groups excluding carboxylic acids is 1. The molecule has 1 fully saturated rings. The van der Waals surface area contributed by atoms with Crippen molar-refractivity contribution >= 4 is 5.78 Å². The number of hydrogen-bond acceptors (Lipinski definition) is 3. The van der Waals surface area contributed by atoms with Crippen molar-refractivity contribution in [2.24, 2.45) is 0 Å². The zero-order valence-corrected chi connectivity index (χ0v) is 6.13. The Morgan fingerprint density at radius 1 is 1.70 bits per heavy atom. The van der Waals surface area contributed by atoms with E-state index in [1.165, 1.54) is 0 Å². The first-order valence-electron chi connectivity index (χ1n) is 3.65. The van der Waals surface area contributed by atoms with Gasteiger partial charge in [-0.15, -0.1) is 0 Å². The van der Waals surface area contributed by atoms with Crippen molar-refractivity contribution < 1.29 is 14.6 Å². The molecule has 0 aliphatic carbocycles. The van der Waals surface area contributed by atoms with E-state index in [0.717, 1.165) is 12.8 Å². The Kier molecular flexibility index (Phi) is 2.83. The number of unbranched alkanes of at least 4 members (excludes halogenated alkanes) is 1. The van der Waals surface area contributed by atoms with Gasteiger partial charge >= 0.3 is 0 Å². The molecule has 3 nitrogen and oxygen atoms in total. The molecule has 0 aromatic rings. The zero-order chi connectivity index (χ0) is 7.40. The van der Waals surface area contributed by atoms with Gasteiger partial charge in [-0.05, 0) is 6.42 Å². The summed E-state index contributed by atoms with van der Waals surface area (Å²) in [5, 5.41) is 0. The van der Waals surface area contributed by atoms with Crippen molar-refractivity contribution in [3.63, 3.8) is 0 Å². The summed E-state index contributed by atoms with van der Waals surface area (Å²) >= 11 is 0. The molecular weight excluding hydrogens is 132 g/mol. The van der Waals surface area contributed by atoms with Crippen molar-refractivity contribution in [3.05, 3.63) is 0 Å². The average molecular weight is 144 g/mol. The van der Waals surface area contributed by atoms with Gasteiger partial charge in [0.25, 0.3) is 0 Å². The fourth-order valence-corrected chi connectivity index (χ4v) is 0.795. The maximum atomic E-state index is 11.0. The van der Waals surface area contributed by atoms with Crippen molar-refractivity contribution in [3.8, 4) is 0 Å². The molecule has 0 aromatic heterocycles. The van der Waals surface area contributed by atoms with E-state index in [9.17, 15) is 4.79 Å². The van der Waals surface area contributed by atoms with Crippen LogP contribution in [0.3, 0.4) is 0 Å². The lowest BCUT2D eigenvalue weighted by Crippen LogP contribution is -2.38. The normalized spacial score (nSPS) is 23.9. The molecule has 1 saturated heterocycles. The van der Waals surface area contributed by atoms with Crippen LogP contribution in [0.15, 0.2) is 0 Å². The van der Waals surface area contributed by atoms with E-state index >= 15 is 0 Å². The van der Waals surface area contributed by atoms with Gasteiger partial charge in [-0.25, -0.2) is 9.78 Å². The van der Waals surface area contributed by atoms with Crippen LogP contribution in [0.4, 0.5) is 0 Å². The summed E-state index contributed by atoms with van der Waals surface area (Å²) in [6.45, 7) is 2.51. The summed E-state index contributed by atoms with van der Waals surface area (Å²) in [6.07, 6.45) is 2.38. The molecule has 3 heteroatoms. The second-order valence-electron chi connectivity index (χ2n) is 2.44. The van der Waals surface area contributed by atoms with Crippen molar-refractivity contribution in [1.82, 2.24) is 0 Å². The van der Waals surface area contributed by atoms with Crippen LogP contribution < -0.4 is 0 Å². The summed E-state index contributed by atoms with van der Waals surface area (Å²) < 4.78 is 0. The van der Waals surface area contributed by atoms with Crippen molar-refractivity contribution in [2.75, 3.05) is 6.61 Å². The molecular formula is C7H12O3.